The molecule has 2 heterocycles. The van der Waals surface area contributed by atoms with Crippen molar-refractivity contribution in [2.24, 2.45) is 10.7 Å². The number of carbonyl (C=O) groups is 1. The Bertz CT molecular complexity index is 825. The van der Waals surface area contributed by atoms with E-state index < -0.39 is 0 Å². The highest BCUT2D eigenvalue weighted by Gasteiger charge is 2.20. The number of fused-ring (bicyclic) bond motifs is 1. The molecule has 5 N–H and O–H groups in total. The van der Waals surface area contributed by atoms with Crippen LogP contribution < -0.4 is 16.4 Å². The molecular formula is C20H29FN6O. The maximum absolute atomic E-state index is 13.5. The molecule has 7 nitrogen and oxygen atoms in total. The van der Waals surface area contributed by atoms with Gasteiger partial charge in [-0.3, -0.25) is 14.7 Å². The molecule has 0 saturated carbocycles. The predicted octanol–water partition coefficient (Wildman–Crippen LogP) is 1.35. The van der Waals surface area contributed by atoms with Gasteiger partial charge in [-0.25, -0.2) is 4.39 Å². The number of H-pyrrole nitrogens is 1. The van der Waals surface area contributed by atoms with Gasteiger partial charge in [0.2, 0.25) is 5.91 Å². The van der Waals surface area contributed by atoms with E-state index in [-0.39, 0.29) is 11.7 Å². The Balaban J connectivity index is 1.54. The van der Waals surface area contributed by atoms with Gasteiger partial charge in [0.25, 0.3) is 0 Å². The van der Waals surface area contributed by atoms with E-state index in [1.54, 1.807) is 12.1 Å². The lowest BCUT2D eigenvalue weighted by Crippen LogP contribution is -2.49. The summed E-state index contributed by atoms with van der Waals surface area (Å²) in [7, 11) is 0. The zero-order chi connectivity index (χ0) is 19.9. The van der Waals surface area contributed by atoms with Crippen LogP contribution in [0.4, 0.5) is 4.39 Å². The molecule has 8 heteroatoms. The molecule has 0 unspecified atom stereocenters. The van der Waals surface area contributed by atoms with Gasteiger partial charge >= 0.3 is 0 Å². The fourth-order valence-corrected chi connectivity index (χ4v) is 3.61. The number of nitrogens with one attached hydrogen (secondary N) is 3. The number of nitrogens with two attached hydrogens (primary N) is 1. The van der Waals surface area contributed by atoms with Crippen molar-refractivity contribution in [3.05, 3.63) is 35.8 Å². The summed E-state index contributed by atoms with van der Waals surface area (Å²) in [6, 6.07) is 5.11. The van der Waals surface area contributed by atoms with Gasteiger partial charge in [-0.05, 0) is 49.9 Å². The van der Waals surface area contributed by atoms with Gasteiger partial charge in [0.1, 0.15) is 5.82 Å². The van der Waals surface area contributed by atoms with Crippen LogP contribution in [0.2, 0.25) is 0 Å². The van der Waals surface area contributed by atoms with Crippen molar-refractivity contribution >= 4 is 22.8 Å². The zero-order valence-corrected chi connectivity index (χ0v) is 16.3. The number of aromatic nitrogens is 1. The summed E-state index contributed by atoms with van der Waals surface area (Å²) in [6.07, 6.45) is 4.55. The summed E-state index contributed by atoms with van der Waals surface area (Å²) in [6.45, 7) is 5.45. The fourth-order valence-electron chi connectivity index (χ4n) is 3.61. The number of amides is 1. The van der Waals surface area contributed by atoms with Crippen molar-refractivity contribution in [2.75, 3.05) is 32.7 Å². The highest BCUT2D eigenvalue weighted by atomic mass is 19.1. The van der Waals surface area contributed by atoms with Crippen molar-refractivity contribution in [3.63, 3.8) is 0 Å². The molecule has 0 radical (unpaired) electrons. The number of hydrogen-bond donors (Lipinski definition) is 4. The third kappa shape index (κ3) is 5.45. The Hall–Kier alpha value is -2.61. The molecule has 0 spiro atoms. The van der Waals surface area contributed by atoms with E-state index in [9.17, 15) is 9.18 Å². The molecule has 1 aliphatic heterocycles. The first-order valence-electron chi connectivity index (χ1n) is 9.86. The molecule has 1 saturated heterocycles. The lowest BCUT2D eigenvalue weighted by atomic mass is 10.1. The van der Waals surface area contributed by atoms with E-state index in [1.165, 1.54) is 6.07 Å². The topological polar surface area (TPSA) is 98.5 Å². The summed E-state index contributed by atoms with van der Waals surface area (Å²) in [5, 5.41) is 7.68. The second-order valence-electron chi connectivity index (χ2n) is 7.18. The van der Waals surface area contributed by atoms with Gasteiger partial charge in [0.05, 0.1) is 6.54 Å². The third-order valence-corrected chi connectivity index (χ3v) is 5.03. The number of rotatable bonds is 7. The molecule has 1 amide bonds. The highest BCUT2D eigenvalue weighted by Crippen LogP contribution is 2.19. The van der Waals surface area contributed by atoms with E-state index >= 15 is 0 Å². The van der Waals surface area contributed by atoms with E-state index in [4.69, 9.17) is 5.73 Å². The van der Waals surface area contributed by atoms with Crippen molar-refractivity contribution in [2.45, 2.75) is 32.2 Å². The van der Waals surface area contributed by atoms with Gasteiger partial charge in [-0.2, -0.15) is 0 Å². The Morgan fingerprint density at radius 1 is 1.39 bits per heavy atom. The van der Waals surface area contributed by atoms with Crippen LogP contribution in [0.25, 0.3) is 10.9 Å². The number of aliphatic imine (C=N–C) groups is 1. The maximum atomic E-state index is 13.5. The first kappa shape index (κ1) is 20.1. The highest BCUT2D eigenvalue weighted by molar-refractivity contribution is 5.83. The maximum Gasteiger partial charge on any atom is 0.231 e. The van der Waals surface area contributed by atoms with Crippen LogP contribution in [0.3, 0.4) is 0 Å². The summed E-state index contributed by atoms with van der Waals surface area (Å²) in [4.78, 5) is 21.0. The lowest BCUT2D eigenvalue weighted by molar-refractivity contribution is -0.119. The Morgan fingerprint density at radius 2 is 2.18 bits per heavy atom. The van der Waals surface area contributed by atoms with E-state index in [0.717, 1.165) is 61.3 Å². The molecule has 1 aromatic carbocycles. The van der Waals surface area contributed by atoms with Gasteiger partial charge < -0.3 is 21.4 Å². The monoisotopic (exact) mass is 388 g/mol. The largest absolute Gasteiger partial charge is 0.369 e. The van der Waals surface area contributed by atoms with Gasteiger partial charge in [0, 0.05) is 49.3 Å². The first-order valence-corrected chi connectivity index (χ1v) is 9.86. The average molecular weight is 388 g/mol. The minimum atomic E-state index is -0.279. The summed E-state index contributed by atoms with van der Waals surface area (Å²) in [5.74, 6) is 0.287. The van der Waals surface area contributed by atoms with Crippen LogP contribution in [0.5, 0.6) is 0 Å². The normalized spacial score (nSPS) is 16.4. The summed E-state index contributed by atoms with van der Waals surface area (Å²) < 4.78 is 13.5. The Morgan fingerprint density at radius 3 is 2.89 bits per heavy atom. The van der Waals surface area contributed by atoms with Crippen LogP contribution in [0.1, 0.15) is 25.3 Å². The minimum absolute atomic E-state index is 0.227. The van der Waals surface area contributed by atoms with Crippen LogP contribution in [0, 0.1) is 5.82 Å². The standard InChI is InChI=1S/C20H29FN6O/c1-2-23-20(26-16-6-9-27(10-7-16)13-19(22)28)24-8-5-14-12-25-18-4-3-15(21)11-17(14)18/h3-4,11-12,16,25H,2,5-10,13H2,1H3,(H2,22,28)(H2,23,24,26). The molecule has 2 aromatic rings. The number of piperidine rings is 1. The smallest absolute Gasteiger partial charge is 0.231 e. The fraction of sp³-hybridized carbons (Fsp3) is 0.500. The number of guanidine groups is 1. The molecule has 3 rings (SSSR count). The third-order valence-electron chi connectivity index (χ3n) is 5.03. The molecule has 28 heavy (non-hydrogen) atoms. The quantitative estimate of drug-likeness (QED) is 0.425. The van der Waals surface area contributed by atoms with Gasteiger partial charge in [-0.1, -0.05) is 0 Å². The predicted molar refractivity (Wildman–Crippen MR) is 110 cm³/mol. The first-order chi connectivity index (χ1) is 13.5. The van der Waals surface area contributed by atoms with E-state index in [1.807, 2.05) is 13.1 Å². The number of aromatic amines is 1. The Labute approximate surface area is 164 Å². The second-order valence-corrected chi connectivity index (χ2v) is 7.18. The van der Waals surface area contributed by atoms with Crippen LogP contribution in [-0.4, -0.2) is 60.5 Å². The zero-order valence-electron chi connectivity index (χ0n) is 16.3. The molecule has 1 aliphatic rings. The number of hydrogen-bond acceptors (Lipinski definition) is 3. The average Bonchev–Trinajstić information content (AvgIpc) is 3.05. The summed E-state index contributed by atoms with van der Waals surface area (Å²) >= 11 is 0. The molecule has 1 aromatic heterocycles. The summed E-state index contributed by atoms with van der Waals surface area (Å²) in [5.41, 5.74) is 7.27. The SMILES string of the molecule is CCNC(=NCCc1c[nH]c2ccc(F)cc12)NC1CCN(CC(N)=O)CC1. The minimum Gasteiger partial charge on any atom is -0.369 e. The number of primary amides is 1. The van der Waals surface area contributed by atoms with Crippen molar-refractivity contribution in [3.8, 4) is 0 Å². The van der Waals surface area contributed by atoms with E-state index in [2.05, 4.69) is 25.5 Å². The van der Waals surface area contributed by atoms with Crippen LogP contribution >= 0.6 is 0 Å². The van der Waals surface area contributed by atoms with Gasteiger partial charge in [-0.15, -0.1) is 0 Å². The molecule has 0 bridgehead atoms. The van der Waals surface area contributed by atoms with Crippen LogP contribution in [-0.2, 0) is 11.2 Å². The second kappa shape index (κ2) is 9.54. The van der Waals surface area contributed by atoms with Gasteiger partial charge in [0.15, 0.2) is 5.96 Å². The van der Waals surface area contributed by atoms with Crippen molar-refractivity contribution in [1.29, 1.82) is 0 Å². The van der Waals surface area contributed by atoms with Crippen LogP contribution in [0.15, 0.2) is 29.4 Å². The molecule has 1 fully saturated rings. The lowest BCUT2D eigenvalue weighted by Gasteiger charge is -2.32. The molecule has 152 valence electrons. The van der Waals surface area contributed by atoms with E-state index in [0.29, 0.717) is 19.1 Å². The van der Waals surface area contributed by atoms with Crippen molar-refractivity contribution < 1.29 is 9.18 Å². The van der Waals surface area contributed by atoms with Crippen molar-refractivity contribution in [1.82, 2.24) is 20.5 Å². The molecule has 0 aliphatic carbocycles. The molecular weight excluding hydrogens is 359 g/mol. The Kier molecular flexibility index (Phi) is 6.86. The number of likely N-dealkylation sites (tertiary alicyclic amines) is 1. The molecule has 0 atom stereocenters. The number of halogens is 1. The number of carbonyl (C=O) groups excluding carboxylic acids is 1. The number of nitrogens with zero attached hydrogens (tertiary/aromatic N) is 2. The number of benzene rings is 1.